The molecule has 2 heterocycles. The summed E-state index contributed by atoms with van der Waals surface area (Å²) < 4.78 is 5.02. The molecule has 2 saturated heterocycles. The molecule has 30 heavy (non-hydrogen) atoms. The van der Waals surface area contributed by atoms with Gasteiger partial charge in [0.2, 0.25) is 0 Å². The number of rotatable bonds is 5. The zero-order chi connectivity index (χ0) is 21.3. The van der Waals surface area contributed by atoms with Crippen LogP contribution in [0.2, 0.25) is 0 Å². The molecule has 2 aliphatic rings. The van der Waals surface area contributed by atoms with Gasteiger partial charge in [0, 0.05) is 45.5 Å². The number of carbonyl (C=O) groups is 2. The van der Waals surface area contributed by atoms with Crippen molar-refractivity contribution < 1.29 is 14.3 Å². The van der Waals surface area contributed by atoms with Crippen LogP contribution in [0.1, 0.15) is 25.3 Å². The van der Waals surface area contributed by atoms with E-state index in [1.54, 1.807) is 22.9 Å². The first-order valence-corrected chi connectivity index (χ1v) is 10.7. The van der Waals surface area contributed by atoms with Crippen molar-refractivity contribution in [3.05, 3.63) is 47.7 Å². The lowest BCUT2D eigenvalue weighted by Crippen LogP contribution is -2.47. The van der Waals surface area contributed by atoms with Gasteiger partial charge < -0.3 is 19.4 Å². The number of likely N-dealkylation sites (tertiary alicyclic amines) is 1. The molecule has 2 fully saturated rings. The highest BCUT2D eigenvalue weighted by Gasteiger charge is 2.26. The van der Waals surface area contributed by atoms with E-state index in [2.05, 4.69) is 30.3 Å². The van der Waals surface area contributed by atoms with Crippen molar-refractivity contribution in [2.75, 3.05) is 45.9 Å². The SMILES string of the molecule is CCOC(=O)N1CCN(/C=C(/C#N)C(=O)N2CCC(Cc3ccccc3)CC2)CC1. The van der Waals surface area contributed by atoms with Crippen LogP contribution in [0.25, 0.3) is 0 Å². The minimum Gasteiger partial charge on any atom is -0.450 e. The van der Waals surface area contributed by atoms with Gasteiger partial charge in [0.1, 0.15) is 11.6 Å². The fourth-order valence-corrected chi connectivity index (χ4v) is 4.02. The van der Waals surface area contributed by atoms with E-state index in [9.17, 15) is 14.9 Å². The van der Waals surface area contributed by atoms with Crippen LogP contribution in [-0.2, 0) is 16.0 Å². The van der Waals surface area contributed by atoms with E-state index in [1.165, 1.54) is 5.56 Å². The molecule has 2 aliphatic heterocycles. The second kappa shape index (κ2) is 10.7. The number of ether oxygens (including phenoxy) is 1. The molecule has 2 amide bonds. The molecule has 0 bridgehead atoms. The summed E-state index contributed by atoms with van der Waals surface area (Å²) in [6.45, 7) is 5.71. The maximum absolute atomic E-state index is 12.8. The zero-order valence-electron chi connectivity index (χ0n) is 17.6. The van der Waals surface area contributed by atoms with Crippen LogP contribution in [0.3, 0.4) is 0 Å². The number of nitrogens with zero attached hydrogens (tertiary/aromatic N) is 4. The van der Waals surface area contributed by atoms with Crippen LogP contribution in [0.15, 0.2) is 42.1 Å². The van der Waals surface area contributed by atoms with Gasteiger partial charge in [-0.15, -0.1) is 0 Å². The average Bonchev–Trinajstić information content (AvgIpc) is 2.79. The largest absolute Gasteiger partial charge is 0.450 e. The minimum absolute atomic E-state index is 0.168. The minimum atomic E-state index is -0.309. The molecule has 0 N–H and O–H groups in total. The molecule has 0 atom stereocenters. The lowest BCUT2D eigenvalue weighted by molar-refractivity contribution is -0.128. The molecule has 7 heteroatoms. The molecule has 0 unspecified atom stereocenters. The number of amides is 2. The summed E-state index contributed by atoms with van der Waals surface area (Å²) in [5.74, 6) is 0.380. The first-order valence-electron chi connectivity index (χ1n) is 10.7. The maximum Gasteiger partial charge on any atom is 0.409 e. The fraction of sp³-hybridized carbons (Fsp3) is 0.522. The average molecular weight is 411 g/mol. The van der Waals surface area contributed by atoms with Crippen molar-refractivity contribution in [1.82, 2.24) is 14.7 Å². The number of benzene rings is 1. The zero-order valence-corrected chi connectivity index (χ0v) is 17.6. The Labute approximate surface area is 178 Å². The van der Waals surface area contributed by atoms with E-state index in [4.69, 9.17) is 4.74 Å². The molecule has 0 aromatic heterocycles. The molecule has 160 valence electrons. The summed E-state index contributed by atoms with van der Waals surface area (Å²) in [7, 11) is 0. The second-order valence-corrected chi connectivity index (χ2v) is 7.80. The van der Waals surface area contributed by atoms with Crippen molar-refractivity contribution in [1.29, 1.82) is 5.26 Å². The topological polar surface area (TPSA) is 76.9 Å². The van der Waals surface area contributed by atoms with Crippen molar-refractivity contribution in [2.24, 2.45) is 5.92 Å². The number of piperazine rings is 1. The van der Waals surface area contributed by atoms with Gasteiger partial charge in [-0.25, -0.2) is 4.79 Å². The van der Waals surface area contributed by atoms with Crippen molar-refractivity contribution in [3.63, 3.8) is 0 Å². The van der Waals surface area contributed by atoms with E-state index in [0.717, 1.165) is 19.3 Å². The molecule has 7 nitrogen and oxygen atoms in total. The standard InChI is InChI=1S/C23H30N4O3/c1-2-30-23(29)27-14-12-25(13-15-27)18-21(17-24)22(28)26-10-8-20(9-11-26)16-19-6-4-3-5-7-19/h3-7,18,20H,2,8-16H2,1H3/b21-18-. The third-order valence-electron chi connectivity index (χ3n) is 5.77. The molecular weight excluding hydrogens is 380 g/mol. The van der Waals surface area contributed by atoms with Gasteiger partial charge in [-0.2, -0.15) is 5.26 Å². The molecule has 0 radical (unpaired) electrons. The fourth-order valence-electron chi connectivity index (χ4n) is 4.02. The van der Waals surface area contributed by atoms with Gasteiger partial charge in [0.25, 0.3) is 5.91 Å². The van der Waals surface area contributed by atoms with Gasteiger partial charge in [-0.1, -0.05) is 30.3 Å². The first kappa shape index (κ1) is 21.7. The van der Waals surface area contributed by atoms with Crippen LogP contribution in [0.5, 0.6) is 0 Å². The van der Waals surface area contributed by atoms with Gasteiger partial charge in [0.15, 0.2) is 0 Å². The smallest absolute Gasteiger partial charge is 0.409 e. The van der Waals surface area contributed by atoms with Crippen LogP contribution < -0.4 is 0 Å². The second-order valence-electron chi connectivity index (χ2n) is 7.80. The highest BCUT2D eigenvalue weighted by Crippen LogP contribution is 2.22. The summed E-state index contributed by atoms with van der Waals surface area (Å²) >= 11 is 0. The summed E-state index contributed by atoms with van der Waals surface area (Å²) in [5.41, 5.74) is 1.50. The number of hydrogen-bond donors (Lipinski definition) is 0. The Balaban J connectivity index is 1.49. The summed E-state index contributed by atoms with van der Waals surface area (Å²) in [6.07, 6.45) is 4.29. The molecule has 0 spiro atoms. The Morgan fingerprint density at radius 1 is 1.07 bits per heavy atom. The van der Waals surface area contributed by atoms with E-state index < -0.39 is 0 Å². The lowest BCUT2D eigenvalue weighted by atomic mass is 9.90. The Morgan fingerprint density at radius 3 is 2.33 bits per heavy atom. The van der Waals surface area contributed by atoms with E-state index >= 15 is 0 Å². The molecule has 1 aromatic rings. The first-order chi connectivity index (χ1) is 14.6. The highest BCUT2D eigenvalue weighted by atomic mass is 16.6. The van der Waals surface area contributed by atoms with Crippen LogP contribution >= 0.6 is 0 Å². The highest BCUT2D eigenvalue weighted by molar-refractivity contribution is 5.97. The number of piperidine rings is 1. The monoisotopic (exact) mass is 410 g/mol. The number of carbonyl (C=O) groups excluding carboxylic acids is 2. The summed E-state index contributed by atoms with van der Waals surface area (Å²) in [4.78, 5) is 30.0. The lowest BCUT2D eigenvalue weighted by Gasteiger charge is -2.34. The number of hydrogen-bond acceptors (Lipinski definition) is 5. The number of nitriles is 1. The molecule has 3 rings (SSSR count). The van der Waals surface area contributed by atoms with E-state index in [0.29, 0.717) is 51.8 Å². The normalized spacial score (nSPS) is 18.1. The Bertz CT molecular complexity index is 786. The quantitative estimate of drug-likeness (QED) is 0.551. The molecular formula is C23H30N4O3. The predicted octanol–water partition coefficient (Wildman–Crippen LogP) is 2.65. The van der Waals surface area contributed by atoms with Crippen LogP contribution in [0, 0.1) is 17.2 Å². The third kappa shape index (κ3) is 5.76. The Kier molecular flexibility index (Phi) is 7.72. The van der Waals surface area contributed by atoms with E-state index in [-0.39, 0.29) is 17.6 Å². The maximum atomic E-state index is 12.8. The summed E-state index contributed by atoms with van der Waals surface area (Å²) in [5, 5.41) is 9.54. The van der Waals surface area contributed by atoms with Crippen molar-refractivity contribution in [2.45, 2.75) is 26.2 Å². The van der Waals surface area contributed by atoms with Gasteiger partial charge in [-0.3, -0.25) is 4.79 Å². The van der Waals surface area contributed by atoms with Crippen LogP contribution in [-0.4, -0.2) is 72.6 Å². The predicted molar refractivity (Wildman–Crippen MR) is 113 cm³/mol. The van der Waals surface area contributed by atoms with Crippen molar-refractivity contribution in [3.8, 4) is 6.07 Å². The van der Waals surface area contributed by atoms with Crippen molar-refractivity contribution >= 4 is 12.0 Å². The Hall–Kier alpha value is -3.01. The summed E-state index contributed by atoms with van der Waals surface area (Å²) in [6, 6.07) is 12.5. The Morgan fingerprint density at radius 2 is 1.73 bits per heavy atom. The molecule has 0 saturated carbocycles. The van der Waals surface area contributed by atoms with E-state index in [1.807, 2.05) is 11.0 Å². The van der Waals surface area contributed by atoms with Gasteiger partial charge in [-0.05, 0) is 37.7 Å². The third-order valence-corrected chi connectivity index (χ3v) is 5.77. The van der Waals surface area contributed by atoms with Gasteiger partial charge in [0.05, 0.1) is 6.61 Å². The molecule has 0 aliphatic carbocycles. The van der Waals surface area contributed by atoms with Crippen LogP contribution in [0.4, 0.5) is 4.79 Å². The van der Waals surface area contributed by atoms with Gasteiger partial charge >= 0.3 is 6.09 Å². The molecule has 1 aromatic carbocycles.